The lowest BCUT2D eigenvalue weighted by atomic mass is 10.1. The molecule has 0 aliphatic carbocycles. The number of rotatable bonds is 6. The van der Waals surface area contributed by atoms with Crippen LogP contribution in [0.1, 0.15) is 19.4 Å². The van der Waals surface area contributed by atoms with Gasteiger partial charge in [-0.25, -0.2) is 4.99 Å². The van der Waals surface area contributed by atoms with Gasteiger partial charge in [0, 0.05) is 5.56 Å². The molecule has 0 radical (unpaired) electrons. The quantitative estimate of drug-likeness (QED) is 0.490. The van der Waals surface area contributed by atoms with Crippen LogP contribution in [0.4, 0.5) is 0 Å². The Morgan fingerprint density at radius 1 is 0.900 bits per heavy atom. The molecule has 0 saturated carbocycles. The molecule has 0 spiro atoms. The minimum Gasteiger partial charge on any atom is -0.249 e. The van der Waals surface area contributed by atoms with Crippen molar-refractivity contribution in [2.75, 3.05) is 0 Å². The van der Waals surface area contributed by atoms with E-state index in [1.54, 1.807) is 0 Å². The van der Waals surface area contributed by atoms with E-state index in [0.29, 0.717) is 0 Å². The van der Waals surface area contributed by atoms with E-state index < -0.39 is 0 Å². The smallest absolute Gasteiger partial charge is 0.0709 e. The second-order valence-corrected chi connectivity index (χ2v) is 4.26. The third-order valence-corrected chi connectivity index (χ3v) is 2.53. The molecule has 102 valence electrons. The first kappa shape index (κ1) is 15.6. The molecule has 0 amide bonds. The average Bonchev–Trinajstić information content (AvgIpc) is 2.45. The first-order valence-electron chi connectivity index (χ1n) is 6.62. The number of aliphatic imine (C=N–C) groups is 1. The number of hydrogen-bond acceptors (Lipinski definition) is 1. The summed E-state index contributed by atoms with van der Waals surface area (Å²) >= 11 is 0. The van der Waals surface area contributed by atoms with Crippen molar-refractivity contribution < 1.29 is 0 Å². The number of allylic oxidation sites excluding steroid dienone is 7. The highest BCUT2D eigenvalue weighted by Gasteiger charge is 1.99. The van der Waals surface area contributed by atoms with Crippen LogP contribution in [-0.2, 0) is 0 Å². The Morgan fingerprint density at radius 3 is 2.15 bits per heavy atom. The summed E-state index contributed by atoms with van der Waals surface area (Å²) in [7, 11) is 0. The molecule has 0 N–H and O–H groups in total. The van der Waals surface area contributed by atoms with E-state index in [9.17, 15) is 0 Å². The average molecular weight is 263 g/mol. The van der Waals surface area contributed by atoms with Crippen molar-refractivity contribution in [3.8, 4) is 0 Å². The Morgan fingerprint density at radius 2 is 1.55 bits per heavy atom. The zero-order valence-electron chi connectivity index (χ0n) is 12.2. The fraction of sp³-hybridized carbons (Fsp3) is 0.105. The fourth-order valence-corrected chi connectivity index (χ4v) is 1.65. The van der Waals surface area contributed by atoms with Gasteiger partial charge in [0.25, 0.3) is 0 Å². The monoisotopic (exact) mass is 263 g/mol. The van der Waals surface area contributed by atoms with Gasteiger partial charge in [-0.1, -0.05) is 67.8 Å². The van der Waals surface area contributed by atoms with E-state index in [4.69, 9.17) is 0 Å². The highest BCUT2D eigenvalue weighted by atomic mass is 14.7. The Hall–Kier alpha value is -2.41. The molecule has 0 saturated heterocycles. The van der Waals surface area contributed by atoms with Gasteiger partial charge >= 0.3 is 0 Å². The van der Waals surface area contributed by atoms with Gasteiger partial charge in [-0.05, 0) is 31.6 Å². The predicted molar refractivity (Wildman–Crippen MR) is 90.0 cm³/mol. The van der Waals surface area contributed by atoms with Gasteiger partial charge in [0.1, 0.15) is 0 Å². The third-order valence-electron chi connectivity index (χ3n) is 2.53. The summed E-state index contributed by atoms with van der Waals surface area (Å²) in [4.78, 5) is 4.55. The summed E-state index contributed by atoms with van der Waals surface area (Å²) in [5.41, 5.74) is 3.60. The first-order valence-corrected chi connectivity index (χ1v) is 6.62. The molecule has 1 aromatic rings. The molecule has 20 heavy (non-hydrogen) atoms. The van der Waals surface area contributed by atoms with Gasteiger partial charge in [0.15, 0.2) is 0 Å². The standard InChI is InChI=1S/C19H21N/c1-5-10-16(3)14-15-19(20-17(4)11-6-2)18-12-8-7-9-13-18/h5-15H,3-4H2,1-2H3/b10-5-,11-6-,15-14-,20-19?. The van der Waals surface area contributed by atoms with Crippen LogP contribution >= 0.6 is 0 Å². The van der Waals surface area contributed by atoms with Crippen molar-refractivity contribution in [1.29, 1.82) is 0 Å². The SMILES string of the molecule is C=C(/C=C\C)/C=C\C(=NC(=C)/C=C\C)c1ccccc1. The highest BCUT2D eigenvalue weighted by Crippen LogP contribution is 2.08. The van der Waals surface area contributed by atoms with Crippen molar-refractivity contribution >= 4 is 5.71 Å². The van der Waals surface area contributed by atoms with Gasteiger partial charge in [-0.3, -0.25) is 0 Å². The van der Waals surface area contributed by atoms with Crippen LogP contribution in [-0.4, -0.2) is 5.71 Å². The van der Waals surface area contributed by atoms with Crippen LogP contribution in [0.3, 0.4) is 0 Å². The topological polar surface area (TPSA) is 12.4 Å². The molecule has 0 atom stereocenters. The normalized spacial score (nSPS) is 12.6. The van der Waals surface area contributed by atoms with Crippen molar-refractivity contribution in [1.82, 2.24) is 0 Å². The minimum absolute atomic E-state index is 0.729. The van der Waals surface area contributed by atoms with E-state index >= 15 is 0 Å². The Bertz CT molecular complexity index is 569. The predicted octanol–water partition coefficient (Wildman–Crippen LogP) is 5.25. The highest BCUT2D eigenvalue weighted by molar-refractivity contribution is 6.09. The number of benzene rings is 1. The lowest BCUT2D eigenvalue weighted by Gasteiger charge is -2.02. The lowest BCUT2D eigenvalue weighted by Crippen LogP contribution is -1.97. The molecule has 0 aliphatic rings. The van der Waals surface area contributed by atoms with Crippen LogP contribution in [0.25, 0.3) is 0 Å². The molecule has 0 aliphatic heterocycles. The van der Waals surface area contributed by atoms with E-state index in [-0.39, 0.29) is 0 Å². The summed E-state index contributed by atoms with van der Waals surface area (Å²) in [6.07, 6.45) is 11.7. The third kappa shape index (κ3) is 5.49. The maximum atomic E-state index is 4.55. The van der Waals surface area contributed by atoms with Crippen LogP contribution in [0.5, 0.6) is 0 Å². The van der Waals surface area contributed by atoms with Crippen LogP contribution in [0.2, 0.25) is 0 Å². The second kappa shape index (κ2) is 8.65. The van der Waals surface area contributed by atoms with Crippen molar-refractivity contribution in [3.05, 3.63) is 96.8 Å². The molecule has 0 heterocycles. The summed E-state index contributed by atoms with van der Waals surface area (Å²) in [5, 5.41) is 0. The van der Waals surface area contributed by atoms with Crippen molar-refractivity contribution in [3.63, 3.8) is 0 Å². The van der Waals surface area contributed by atoms with E-state index in [1.165, 1.54) is 0 Å². The number of nitrogens with zero attached hydrogens (tertiary/aromatic N) is 1. The summed E-state index contributed by atoms with van der Waals surface area (Å²) < 4.78 is 0. The number of hydrogen-bond donors (Lipinski definition) is 0. The van der Waals surface area contributed by atoms with Gasteiger partial charge in [-0.15, -0.1) is 0 Å². The molecule has 0 bridgehead atoms. The van der Waals surface area contributed by atoms with Gasteiger partial charge in [0.05, 0.1) is 11.4 Å². The van der Waals surface area contributed by atoms with Crippen LogP contribution < -0.4 is 0 Å². The molecular weight excluding hydrogens is 242 g/mol. The Balaban J connectivity index is 3.09. The molecule has 0 aromatic heterocycles. The fourth-order valence-electron chi connectivity index (χ4n) is 1.65. The van der Waals surface area contributed by atoms with E-state index in [2.05, 4.69) is 18.2 Å². The molecule has 1 aromatic carbocycles. The molecule has 1 heteroatoms. The van der Waals surface area contributed by atoms with Gasteiger partial charge in [-0.2, -0.15) is 0 Å². The molecule has 0 unspecified atom stereocenters. The lowest BCUT2D eigenvalue weighted by molar-refractivity contribution is 1.41. The molecular formula is C19H21N. The maximum absolute atomic E-state index is 4.55. The van der Waals surface area contributed by atoms with Gasteiger partial charge in [0.2, 0.25) is 0 Å². The zero-order valence-corrected chi connectivity index (χ0v) is 12.2. The van der Waals surface area contributed by atoms with E-state index in [0.717, 1.165) is 22.5 Å². The zero-order chi connectivity index (χ0) is 14.8. The summed E-state index contributed by atoms with van der Waals surface area (Å²) in [6, 6.07) is 10.1. The van der Waals surface area contributed by atoms with Crippen molar-refractivity contribution in [2.24, 2.45) is 4.99 Å². The molecule has 0 fully saturated rings. The van der Waals surface area contributed by atoms with Crippen LogP contribution in [0, 0.1) is 0 Å². The largest absolute Gasteiger partial charge is 0.249 e. The summed E-state index contributed by atoms with van der Waals surface area (Å²) in [5.74, 6) is 0. The summed E-state index contributed by atoms with van der Waals surface area (Å²) in [6.45, 7) is 11.8. The van der Waals surface area contributed by atoms with E-state index in [1.807, 2.05) is 80.6 Å². The second-order valence-electron chi connectivity index (χ2n) is 4.26. The Labute approximate surface area is 122 Å². The molecule has 1 rings (SSSR count). The Kier molecular flexibility index (Phi) is 6.77. The molecule has 1 nitrogen and oxygen atoms in total. The van der Waals surface area contributed by atoms with Crippen LogP contribution in [0.15, 0.2) is 96.2 Å². The first-order chi connectivity index (χ1) is 9.67. The maximum Gasteiger partial charge on any atom is 0.0709 e. The van der Waals surface area contributed by atoms with Gasteiger partial charge < -0.3 is 0 Å². The van der Waals surface area contributed by atoms with Crippen molar-refractivity contribution in [2.45, 2.75) is 13.8 Å². The minimum atomic E-state index is 0.729.